The molecule has 0 fully saturated rings. The minimum absolute atomic E-state index is 0.195. The molecule has 2 aromatic carbocycles. The molecule has 1 heterocycles. The molecule has 0 radical (unpaired) electrons. The summed E-state index contributed by atoms with van der Waals surface area (Å²) in [5, 5.41) is 17.9. The number of hydrogen-bond donors (Lipinski definition) is 2. The summed E-state index contributed by atoms with van der Waals surface area (Å²) in [5.74, 6) is 0.366. The summed E-state index contributed by atoms with van der Waals surface area (Å²) in [6.07, 6.45) is -0.664. The van der Waals surface area contributed by atoms with E-state index in [1.807, 2.05) is 12.1 Å². The number of aliphatic hydroxyl groups excluding tert-OH is 1. The zero-order valence-corrected chi connectivity index (χ0v) is 15.3. The molecule has 1 aromatic heterocycles. The van der Waals surface area contributed by atoms with Crippen LogP contribution in [0.15, 0.2) is 53.7 Å². The minimum atomic E-state index is -0.664. The SMILES string of the molecule is O[C@@H](COCc1ccc(Cl)cc1)CSc1n[nH]c(-c2ccccc2F)n1. The first-order chi connectivity index (χ1) is 12.6. The summed E-state index contributed by atoms with van der Waals surface area (Å²) in [6.45, 7) is 0.594. The number of aromatic amines is 1. The highest BCUT2D eigenvalue weighted by Crippen LogP contribution is 2.22. The number of H-pyrrole nitrogens is 1. The molecule has 0 saturated carbocycles. The Hall–Kier alpha value is -1.93. The van der Waals surface area contributed by atoms with E-state index in [0.29, 0.717) is 33.9 Å². The van der Waals surface area contributed by atoms with Gasteiger partial charge in [-0.05, 0) is 29.8 Å². The average molecular weight is 394 g/mol. The van der Waals surface area contributed by atoms with E-state index >= 15 is 0 Å². The van der Waals surface area contributed by atoms with Crippen molar-refractivity contribution in [1.29, 1.82) is 0 Å². The van der Waals surface area contributed by atoms with Crippen molar-refractivity contribution in [2.45, 2.75) is 17.9 Å². The summed E-state index contributed by atoms with van der Waals surface area (Å²) in [6, 6.07) is 13.7. The van der Waals surface area contributed by atoms with Crippen LogP contribution in [-0.4, -0.2) is 38.8 Å². The predicted molar refractivity (Wildman–Crippen MR) is 99.6 cm³/mol. The molecule has 0 amide bonds. The molecule has 3 aromatic rings. The van der Waals surface area contributed by atoms with Gasteiger partial charge in [0.1, 0.15) is 5.82 Å². The zero-order chi connectivity index (χ0) is 18.4. The van der Waals surface area contributed by atoms with Crippen LogP contribution in [0.4, 0.5) is 4.39 Å². The minimum Gasteiger partial charge on any atom is -0.390 e. The van der Waals surface area contributed by atoms with Crippen LogP contribution in [0.3, 0.4) is 0 Å². The monoisotopic (exact) mass is 393 g/mol. The third-order valence-corrected chi connectivity index (χ3v) is 4.74. The topological polar surface area (TPSA) is 71.0 Å². The van der Waals surface area contributed by atoms with Crippen LogP contribution in [0.2, 0.25) is 5.02 Å². The van der Waals surface area contributed by atoms with Gasteiger partial charge < -0.3 is 9.84 Å². The van der Waals surface area contributed by atoms with E-state index in [1.165, 1.54) is 17.8 Å². The lowest BCUT2D eigenvalue weighted by Gasteiger charge is -2.10. The molecular weight excluding hydrogens is 377 g/mol. The van der Waals surface area contributed by atoms with E-state index in [2.05, 4.69) is 15.2 Å². The molecule has 1 atom stereocenters. The molecule has 3 rings (SSSR count). The number of nitrogens with zero attached hydrogens (tertiary/aromatic N) is 2. The number of halogens is 2. The fourth-order valence-corrected chi connectivity index (χ4v) is 3.03. The number of benzene rings is 2. The van der Waals surface area contributed by atoms with Gasteiger partial charge in [0, 0.05) is 10.8 Å². The number of thioether (sulfide) groups is 1. The second kappa shape index (κ2) is 9.14. The second-order valence-corrected chi connectivity index (χ2v) is 6.98. The molecule has 136 valence electrons. The Bertz CT molecular complexity index is 844. The maximum absolute atomic E-state index is 13.7. The predicted octanol–water partition coefficient (Wildman–Crippen LogP) is 3.93. The van der Waals surface area contributed by atoms with Crippen LogP contribution in [0, 0.1) is 5.82 Å². The van der Waals surface area contributed by atoms with Crippen molar-refractivity contribution in [3.05, 3.63) is 64.9 Å². The molecule has 0 bridgehead atoms. The Labute approximate surface area is 159 Å². The third kappa shape index (κ3) is 5.28. The fraction of sp³-hybridized carbons (Fsp3) is 0.222. The van der Waals surface area contributed by atoms with Gasteiger partial charge in [0.05, 0.1) is 24.9 Å². The molecular formula is C18H17ClFN3O2S. The van der Waals surface area contributed by atoms with Crippen molar-refractivity contribution in [3.8, 4) is 11.4 Å². The maximum atomic E-state index is 13.7. The van der Waals surface area contributed by atoms with Crippen molar-refractivity contribution in [1.82, 2.24) is 15.2 Å². The normalized spacial score (nSPS) is 12.3. The summed E-state index contributed by atoms with van der Waals surface area (Å²) in [5.41, 5.74) is 1.34. The number of nitrogens with one attached hydrogen (secondary N) is 1. The van der Waals surface area contributed by atoms with E-state index in [9.17, 15) is 9.50 Å². The molecule has 5 nitrogen and oxygen atoms in total. The first kappa shape index (κ1) is 18.8. The fourth-order valence-electron chi connectivity index (χ4n) is 2.20. The number of aliphatic hydroxyl groups is 1. The lowest BCUT2D eigenvalue weighted by molar-refractivity contribution is 0.0398. The summed E-state index contributed by atoms with van der Waals surface area (Å²) in [7, 11) is 0. The van der Waals surface area contributed by atoms with Crippen LogP contribution < -0.4 is 0 Å². The van der Waals surface area contributed by atoms with Gasteiger partial charge in [-0.15, -0.1) is 5.10 Å². The summed E-state index contributed by atoms with van der Waals surface area (Å²) < 4.78 is 19.2. The molecule has 2 N–H and O–H groups in total. The van der Waals surface area contributed by atoms with Gasteiger partial charge in [-0.3, -0.25) is 5.10 Å². The van der Waals surface area contributed by atoms with Gasteiger partial charge >= 0.3 is 0 Å². The Kier molecular flexibility index (Phi) is 6.62. The largest absolute Gasteiger partial charge is 0.390 e. The quantitative estimate of drug-likeness (QED) is 0.567. The number of aromatic nitrogens is 3. The third-order valence-electron chi connectivity index (χ3n) is 3.49. The molecule has 0 aliphatic heterocycles. The molecule has 0 aliphatic rings. The lowest BCUT2D eigenvalue weighted by atomic mass is 10.2. The van der Waals surface area contributed by atoms with E-state index in [1.54, 1.807) is 30.3 Å². The lowest BCUT2D eigenvalue weighted by Crippen LogP contribution is -2.18. The van der Waals surface area contributed by atoms with E-state index in [4.69, 9.17) is 16.3 Å². The standard InChI is InChI=1S/C18H17ClFN3O2S/c19-13-7-5-12(6-8-13)9-25-10-14(24)11-26-18-21-17(22-23-18)15-3-1-2-4-16(15)20/h1-8,14,24H,9-11H2,(H,21,22,23)/t14-/m0/s1. The summed E-state index contributed by atoms with van der Waals surface area (Å²) >= 11 is 7.10. The van der Waals surface area contributed by atoms with Crippen LogP contribution >= 0.6 is 23.4 Å². The molecule has 0 saturated heterocycles. The van der Waals surface area contributed by atoms with E-state index in [0.717, 1.165) is 5.56 Å². The van der Waals surface area contributed by atoms with Crippen LogP contribution in [-0.2, 0) is 11.3 Å². The Morgan fingerprint density at radius 2 is 1.96 bits per heavy atom. The zero-order valence-electron chi connectivity index (χ0n) is 13.7. The van der Waals surface area contributed by atoms with Gasteiger partial charge in [-0.2, -0.15) is 0 Å². The van der Waals surface area contributed by atoms with Crippen molar-refractivity contribution < 1.29 is 14.2 Å². The molecule has 26 heavy (non-hydrogen) atoms. The Balaban J connectivity index is 1.44. The summed E-state index contributed by atoms with van der Waals surface area (Å²) in [4.78, 5) is 4.24. The van der Waals surface area contributed by atoms with Gasteiger partial charge in [0.25, 0.3) is 0 Å². The Morgan fingerprint density at radius 1 is 1.19 bits per heavy atom. The number of hydrogen-bond acceptors (Lipinski definition) is 5. The highest BCUT2D eigenvalue weighted by atomic mass is 35.5. The van der Waals surface area contributed by atoms with Crippen molar-refractivity contribution in [3.63, 3.8) is 0 Å². The average Bonchev–Trinajstić information content (AvgIpc) is 3.11. The van der Waals surface area contributed by atoms with Crippen LogP contribution in [0.1, 0.15) is 5.56 Å². The van der Waals surface area contributed by atoms with Crippen molar-refractivity contribution >= 4 is 23.4 Å². The first-order valence-electron chi connectivity index (χ1n) is 7.92. The van der Waals surface area contributed by atoms with Gasteiger partial charge in [0.2, 0.25) is 5.16 Å². The molecule has 0 aliphatic carbocycles. The van der Waals surface area contributed by atoms with Crippen molar-refractivity contribution in [2.24, 2.45) is 0 Å². The smallest absolute Gasteiger partial charge is 0.208 e. The van der Waals surface area contributed by atoms with Gasteiger partial charge in [-0.1, -0.05) is 47.6 Å². The second-order valence-electron chi connectivity index (χ2n) is 5.55. The van der Waals surface area contributed by atoms with Gasteiger partial charge in [0.15, 0.2) is 5.82 Å². The highest BCUT2D eigenvalue weighted by molar-refractivity contribution is 7.99. The van der Waals surface area contributed by atoms with E-state index < -0.39 is 6.10 Å². The first-order valence-corrected chi connectivity index (χ1v) is 9.28. The molecule has 8 heteroatoms. The van der Waals surface area contributed by atoms with E-state index in [-0.39, 0.29) is 12.4 Å². The van der Waals surface area contributed by atoms with Gasteiger partial charge in [-0.25, -0.2) is 9.37 Å². The highest BCUT2D eigenvalue weighted by Gasteiger charge is 2.12. The maximum Gasteiger partial charge on any atom is 0.208 e. The van der Waals surface area contributed by atoms with Crippen molar-refractivity contribution in [2.75, 3.05) is 12.4 Å². The number of rotatable bonds is 8. The molecule has 0 spiro atoms. The molecule has 0 unspecified atom stereocenters. The van der Waals surface area contributed by atoms with Crippen LogP contribution in [0.25, 0.3) is 11.4 Å². The number of ether oxygens (including phenoxy) is 1. The Morgan fingerprint density at radius 3 is 2.73 bits per heavy atom. The van der Waals surface area contributed by atoms with Crippen LogP contribution in [0.5, 0.6) is 0 Å².